The molecule has 0 aliphatic heterocycles. The first-order chi connectivity index (χ1) is 16.0. The molecular weight excluding hydrogens is 428 g/mol. The first kappa shape index (κ1) is 21.0. The molecule has 0 saturated carbocycles. The van der Waals surface area contributed by atoms with Gasteiger partial charge in [-0.25, -0.2) is 4.98 Å². The Morgan fingerprint density at radius 1 is 1.18 bits per heavy atom. The molecule has 0 aliphatic rings. The van der Waals surface area contributed by atoms with Crippen LogP contribution < -0.4 is 16.3 Å². The van der Waals surface area contributed by atoms with Gasteiger partial charge < -0.3 is 15.3 Å². The van der Waals surface area contributed by atoms with Crippen molar-refractivity contribution >= 4 is 40.0 Å². The number of thiophene rings is 1. The molecule has 0 atom stereocenters. The van der Waals surface area contributed by atoms with Crippen LogP contribution in [-0.4, -0.2) is 24.7 Å². The molecule has 4 heterocycles. The van der Waals surface area contributed by atoms with Crippen molar-refractivity contribution in [2.45, 2.75) is 20.8 Å². The van der Waals surface area contributed by atoms with Crippen molar-refractivity contribution in [2.24, 2.45) is 12.8 Å². The van der Waals surface area contributed by atoms with Crippen molar-refractivity contribution in [1.29, 1.82) is 0 Å². The van der Waals surface area contributed by atoms with E-state index in [1.54, 1.807) is 6.20 Å². The Bertz CT molecular complexity index is 1620. The number of hydrogen-bond donors (Lipinski definition) is 3. The van der Waals surface area contributed by atoms with Gasteiger partial charge in [0, 0.05) is 50.3 Å². The molecular formula is C26H26N6S. The lowest BCUT2D eigenvalue weighted by Crippen LogP contribution is -2.24. The number of hydrogen-bond acceptors (Lipinski definition) is 4. The number of allylic oxidation sites excluding steroid dienone is 1. The number of aromatic amines is 2. The fourth-order valence-electron chi connectivity index (χ4n) is 4.15. The van der Waals surface area contributed by atoms with Crippen molar-refractivity contribution in [3.05, 3.63) is 75.8 Å². The summed E-state index contributed by atoms with van der Waals surface area (Å²) in [4.78, 5) is 10.6. The highest BCUT2D eigenvalue weighted by atomic mass is 32.1. The van der Waals surface area contributed by atoms with E-state index in [0.29, 0.717) is 0 Å². The molecule has 6 nitrogen and oxygen atoms in total. The lowest BCUT2D eigenvalue weighted by molar-refractivity contribution is 0.847. The zero-order valence-corrected chi connectivity index (χ0v) is 19.9. The summed E-state index contributed by atoms with van der Waals surface area (Å²) in [6, 6.07) is 12.9. The third kappa shape index (κ3) is 3.60. The number of rotatable bonds is 4. The minimum absolute atomic E-state index is 0.853. The summed E-state index contributed by atoms with van der Waals surface area (Å²) in [6.07, 6.45) is 7.56. The second-order valence-corrected chi connectivity index (χ2v) is 9.35. The van der Waals surface area contributed by atoms with E-state index in [-0.39, 0.29) is 0 Å². The number of fused-ring (bicyclic) bond motifs is 1. The summed E-state index contributed by atoms with van der Waals surface area (Å²) >= 11 is 1.81. The van der Waals surface area contributed by atoms with Crippen LogP contribution in [0.3, 0.4) is 0 Å². The first-order valence-corrected chi connectivity index (χ1v) is 11.6. The van der Waals surface area contributed by atoms with Crippen molar-refractivity contribution in [2.75, 3.05) is 0 Å². The van der Waals surface area contributed by atoms with Gasteiger partial charge in [-0.1, -0.05) is 18.2 Å². The predicted molar refractivity (Wildman–Crippen MR) is 138 cm³/mol. The van der Waals surface area contributed by atoms with Gasteiger partial charge in [0.2, 0.25) is 0 Å². The van der Waals surface area contributed by atoms with Gasteiger partial charge in [-0.05, 0) is 51.1 Å². The van der Waals surface area contributed by atoms with Crippen LogP contribution in [0.2, 0.25) is 0 Å². The minimum Gasteiger partial charge on any atom is -0.404 e. The second kappa shape index (κ2) is 8.26. The molecule has 0 fully saturated rings. The van der Waals surface area contributed by atoms with Crippen LogP contribution in [0.1, 0.15) is 23.3 Å². The quantitative estimate of drug-likeness (QED) is 0.380. The number of aryl methyl sites for hydroxylation is 2. The van der Waals surface area contributed by atoms with E-state index >= 15 is 0 Å². The van der Waals surface area contributed by atoms with Crippen molar-refractivity contribution < 1.29 is 0 Å². The fourth-order valence-corrected chi connectivity index (χ4v) is 5.05. The Kier molecular flexibility index (Phi) is 5.26. The summed E-state index contributed by atoms with van der Waals surface area (Å²) in [7, 11) is 1.99. The normalized spacial score (nSPS) is 13.5. The van der Waals surface area contributed by atoms with Crippen molar-refractivity contribution in [1.82, 2.24) is 24.7 Å². The van der Waals surface area contributed by atoms with Gasteiger partial charge in [-0.3, -0.25) is 5.10 Å². The van der Waals surface area contributed by atoms with Gasteiger partial charge >= 0.3 is 0 Å². The number of imidazole rings is 1. The number of benzene rings is 1. The van der Waals surface area contributed by atoms with Gasteiger partial charge in [-0.15, -0.1) is 11.3 Å². The molecule has 4 N–H and O–H groups in total. The number of nitrogens with zero attached hydrogens (tertiary/aromatic N) is 3. The van der Waals surface area contributed by atoms with Crippen LogP contribution in [0.15, 0.2) is 48.8 Å². The third-order valence-electron chi connectivity index (χ3n) is 6.04. The van der Waals surface area contributed by atoms with Gasteiger partial charge in [-0.2, -0.15) is 5.10 Å². The molecule has 5 rings (SSSR count). The average molecular weight is 455 g/mol. The maximum atomic E-state index is 6.05. The van der Waals surface area contributed by atoms with Crippen LogP contribution in [0.25, 0.3) is 50.5 Å². The van der Waals surface area contributed by atoms with E-state index < -0.39 is 0 Å². The topological polar surface area (TPSA) is 88.3 Å². The fraction of sp³-hybridized carbons (Fsp3) is 0.154. The molecule has 166 valence electrons. The molecule has 0 aliphatic carbocycles. The number of aromatic nitrogens is 5. The predicted octanol–water partition coefficient (Wildman–Crippen LogP) is 4.22. The van der Waals surface area contributed by atoms with Crippen LogP contribution in [0, 0.1) is 13.8 Å². The van der Waals surface area contributed by atoms with Crippen LogP contribution in [-0.2, 0) is 7.05 Å². The average Bonchev–Trinajstić information content (AvgIpc) is 3.59. The summed E-state index contributed by atoms with van der Waals surface area (Å²) in [5.41, 5.74) is 12.0. The SMILES string of the molecule is C\C=c1/[nH]nc(-c2cc3c(-c4ccc(C)s4)cccc3[nH]2)/c1=C/C(=C\N)c1cnc(C)n1C. The van der Waals surface area contributed by atoms with E-state index in [2.05, 4.69) is 69.6 Å². The Balaban J connectivity index is 1.70. The standard InChI is InChI=1S/C26H26N6S/c1-5-21-20(11-17(13-27)24-14-28-16(3)32(24)4)26(31-30-21)23-12-19-18(7-6-8-22(19)29-23)25-10-9-15(2)33-25/h5-14,29-30H,27H2,1-4H3/b17-13+,20-11+,21-5-. The molecule has 5 aromatic rings. The highest BCUT2D eigenvalue weighted by Crippen LogP contribution is 2.35. The molecule has 1 aromatic carbocycles. The molecule has 33 heavy (non-hydrogen) atoms. The van der Waals surface area contributed by atoms with E-state index in [0.717, 1.165) is 44.6 Å². The van der Waals surface area contributed by atoms with E-state index in [4.69, 9.17) is 5.73 Å². The molecule has 0 saturated heterocycles. The third-order valence-corrected chi connectivity index (χ3v) is 7.08. The first-order valence-electron chi connectivity index (χ1n) is 10.8. The Morgan fingerprint density at radius 2 is 2.03 bits per heavy atom. The maximum absolute atomic E-state index is 6.05. The summed E-state index contributed by atoms with van der Waals surface area (Å²) in [6.45, 7) is 6.11. The summed E-state index contributed by atoms with van der Waals surface area (Å²) in [5, 5.41) is 10.9. The zero-order valence-electron chi connectivity index (χ0n) is 19.1. The van der Waals surface area contributed by atoms with Gasteiger partial charge in [0.05, 0.1) is 22.9 Å². The van der Waals surface area contributed by atoms with Gasteiger partial charge in [0.1, 0.15) is 11.5 Å². The second-order valence-electron chi connectivity index (χ2n) is 8.06. The lowest BCUT2D eigenvalue weighted by atomic mass is 10.1. The Hall–Kier alpha value is -3.84. The number of nitrogens with two attached hydrogens (primary N) is 1. The summed E-state index contributed by atoms with van der Waals surface area (Å²) in [5.74, 6) is 0.930. The molecule has 0 radical (unpaired) electrons. The molecule has 0 bridgehead atoms. The highest BCUT2D eigenvalue weighted by molar-refractivity contribution is 7.15. The zero-order chi connectivity index (χ0) is 23.1. The molecule has 0 spiro atoms. The van der Waals surface area contributed by atoms with E-state index in [1.807, 2.05) is 49.1 Å². The van der Waals surface area contributed by atoms with Crippen molar-refractivity contribution in [3.8, 4) is 21.8 Å². The van der Waals surface area contributed by atoms with E-state index in [9.17, 15) is 0 Å². The number of H-pyrrole nitrogens is 2. The lowest BCUT2D eigenvalue weighted by Gasteiger charge is -2.04. The smallest absolute Gasteiger partial charge is 0.116 e. The molecule has 0 amide bonds. The molecule has 4 aromatic heterocycles. The minimum atomic E-state index is 0.853. The maximum Gasteiger partial charge on any atom is 0.116 e. The molecule has 7 heteroatoms. The Morgan fingerprint density at radius 3 is 2.70 bits per heavy atom. The highest BCUT2D eigenvalue weighted by Gasteiger charge is 2.14. The van der Waals surface area contributed by atoms with Gasteiger partial charge in [0.15, 0.2) is 0 Å². The number of nitrogens with one attached hydrogen (secondary N) is 2. The van der Waals surface area contributed by atoms with Crippen LogP contribution >= 0.6 is 11.3 Å². The van der Waals surface area contributed by atoms with E-state index in [1.165, 1.54) is 20.7 Å². The van der Waals surface area contributed by atoms with Gasteiger partial charge in [0.25, 0.3) is 0 Å². The summed E-state index contributed by atoms with van der Waals surface area (Å²) < 4.78 is 2.03. The Labute approximate surface area is 195 Å². The largest absolute Gasteiger partial charge is 0.404 e. The van der Waals surface area contributed by atoms with Crippen LogP contribution in [0.5, 0.6) is 0 Å². The van der Waals surface area contributed by atoms with Crippen LogP contribution in [0.4, 0.5) is 0 Å². The monoisotopic (exact) mass is 454 g/mol. The molecule has 0 unspecified atom stereocenters. The van der Waals surface area contributed by atoms with Crippen molar-refractivity contribution in [3.63, 3.8) is 0 Å².